The van der Waals surface area contributed by atoms with Crippen molar-refractivity contribution in [3.63, 3.8) is 0 Å². The van der Waals surface area contributed by atoms with Crippen LogP contribution in [0.1, 0.15) is 19.8 Å². The first kappa shape index (κ1) is 15.8. The van der Waals surface area contributed by atoms with Gasteiger partial charge in [0.15, 0.2) is 0 Å². The van der Waals surface area contributed by atoms with Crippen molar-refractivity contribution in [1.82, 2.24) is 14.7 Å². The standard InChI is InChI=1S/C13H25N3O3/c1-10(17)8-15(4)12(18)11-6-5-7-16(9-11)13(19)14(2)3/h10-11,17H,5-9H2,1-4H3. The van der Waals surface area contributed by atoms with Crippen molar-refractivity contribution in [2.24, 2.45) is 5.92 Å². The average molecular weight is 271 g/mol. The number of carbonyl (C=O) groups excluding carboxylic acids is 2. The maximum Gasteiger partial charge on any atom is 0.319 e. The number of aliphatic hydroxyl groups is 1. The number of likely N-dealkylation sites (N-methyl/N-ethyl adjacent to an activating group) is 1. The van der Waals surface area contributed by atoms with E-state index in [1.165, 1.54) is 4.90 Å². The smallest absolute Gasteiger partial charge is 0.319 e. The Kier molecular flexibility index (Phi) is 5.60. The third kappa shape index (κ3) is 4.38. The number of carbonyl (C=O) groups is 2. The lowest BCUT2D eigenvalue weighted by Gasteiger charge is -2.35. The zero-order chi connectivity index (χ0) is 14.6. The van der Waals surface area contributed by atoms with E-state index in [2.05, 4.69) is 0 Å². The fourth-order valence-corrected chi connectivity index (χ4v) is 2.43. The zero-order valence-corrected chi connectivity index (χ0v) is 12.3. The van der Waals surface area contributed by atoms with Crippen LogP contribution in [0.3, 0.4) is 0 Å². The Hall–Kier alpha value is -1.30. The molecule has 0 bridgehead atoms. The van der Waals surface area contributed by atoms with E-state index in [9.17, 15) is 14.7 Å². The molecule has 0 aromatic carbocycles. The minimum Gasteiger partial charge on any atom is -0.392 e. The predicted molar refractivity (Wildman–Crippen MR) is 72.7 cm³/mol. The molecule has 19 heavy (non-hydrogen) atoms. The van der Waals surface area contributed by atoms with Crippen LogP contribution in [0.5, 0.6) is 0 Å². The van der Waals surface area contributed by atoms with E-state index < -0.39 is 6.10 Å². The Morgan fingerprint density at radius 2 is 2.00 bits per heavy atom. The van der Waals surface area contributed by atoms with Gasteiger partial charge in [0, 0.05) is 40.8 Å². The third-order valence-electron chi connectivity index (χ3n) is 3.34. The van der Waals surface area contributed by atoms with E-state index >= 15 is 0 Å². The summed E-state index contributed by atoms with van der Waals surface area (Å²) in [6, 6.07) is -0.0457. The Balaban J connectivity index is 2.59. The molecular formula is C13H25N3O3. The van der Waals surface area contributed by atoms with Gasteiger partial charge in [0.1, 0.15) is 0 Å². The fourth-order valence-electron chi connectivity index (χ4n) is 2.43. The molecule has 0 aromatic heterocycles. The van der Waals surface area contributed by atoms with E-state index in [1.807, 2.05) is 0 Å². The number of hydrogen-bond acceptors (Lipinski definition) is 3. The third-order valence-corrected chi connectivity index (χ3v) is 3.34. The van der Waals surface area contributed by atoms with Gasteiger partial charge in [-0.25, -0.2) is 4.79 Å². The molecule has 2 unspecified atom stereocenters. The average Bonchev–Trinajstić information content (AvgIpc) is 2.36. The molecule has 0 saturated carbocycles. The molecule has 1 N–H and O–H groups in total. The molecule has 2 atom stereocenters. The van der Waals surface area contributed by atoms with Crippen LogP contribution < -0.4 is 0 Å². The van der Waals surface area contributed by atoms with Gasteiger partial charge in [0.25, 0.3) is 0 Å². The molecule has 1 aliphatic heterocycles. The molecule has 0 aromatic rings. The highest BCUT2D eigenvalue weighted by Crippen LogP contribution is 2.19. The summed E-state index contributed by atoms with van der Waals surface area (Å²) < 4.78 is 0. The Morgan fingerprint density at radius 3 is 2.53 bits per heavy atom. The van der Waals surface area contributed by atoms with Crippen LogP contribution in [0.25, 0.3) is 0 Å². The Labute approximate surface area is 115 Å². The quantitative estimate of drug-likeness (QED) is 0.798. The van der Waals surface area contributed by atoms with Crippen molar-refractivity contribution in [1.29, 1.82) is 0 Å². The van der Waals surface area contributed by atoms with E-state index in [0.717, 1.165) is 12.8 Å². The first-order valence-electron chi connectivity index (χ1n) is 6.72. The Bertz CT molecular complexity index is 331. The van der Waals surface area contributed by atoms with Gasteiger partial charge in [0.2, 0.25) is 5.91 Å². The summed E-state index contributed by atoms with van der Waals surface area (Å²) >= 11 is 0. The van der Waals surface area contributed by atoms with Crippen LogP contribution >= 0.6 is 0 Å². The van der Waals surface area contributed by atoms with Gasteiger partial charge in [-0.1, -0.05) is 0 Å². The summed E-state index contributed by atoms with van der Waals surface area (Å²) in [6.07, 6.45) is 1.12. The van der Waals surface area contributed by atoms with Gasteiger partial charge < -0.3 is 19.8 Å². The molecule has 1 rings (SSSR count). The van der Waals surface area contributed by atoms with Gasteiger partial charge >= 0.3 is 6.03 Å². The van der Waals surface area contributed by atoms with Crippen LogP contribution in [-0.4, -0.2) is 78.6 Å². The molecule has 0 radical (unpaired) electrons. The second kappa shape index (κ2) is 6.75. The lowest BCUT2D eigenvalue weighted by Crippen LogP contribution is -2.49. The summed E-state index contributed by atoms with van der Waals surface area (Å²) in [5.74, 6) is -0.140. The molecule has 1 saturated heterocycles. The fraction of sp³-hybridized carbons (Fsp3) is 0.846. The van der Waals surface area contributed by atoms with Crippen molar-refractivity contribution >= 4 is 11.9 Å². The second-order valence-electron chi connectivity index (χ2n) is 5.53. The lowest BCUT2D eigenvalue weighted by molar-refractivity contribution is -0.136. The van der Waals surface area contributed by atoms with Crippen molar-refractivity contribution in [2.45, 2.75) is 25.9 Å². The lowest BCUT2D eigenvalue weighted by atomic mass is 9.96. The Morgan fingerprint density at radius 1 is 1.37 bits per heavy atom. The highest BCUT2D eigenvalue weighted by atomic mass is 16.3. The number of aliphatic hydroxyl groups excluding tert-OH is 1. The van der Waals surface area contributed by atoms with Crippen molar-refractivity contribution < 1.29 is 14.7 Å². The number of hydrogen-bond donors (Lipinski definition) is 1. The van der Waals surface area contributed by atoms with Crippen LogP contribution in [-0.2, 0) is 4.79 Å². The van der Waals surface area contributed by atoms with Gasteiger partial charge in [-0.15, -0.1) is 0 Å². The van der Waals surface area contributed by atoms with Gasteiger partial charge in [-0.05, 0) is 19.8 Å². The van der Waals surface area contributed by atoms with Crippen molar-refractivity contribution in [3.05, 3.63) is 0 Å². The molecule has 1 fully saturated rings. The van der Waals surface area contributed by atoms with Gasteiger partial charge in [-0.2, -0.15) is 0 Å². The van der Waals surface area contributed by atoms with Gasteiger partial charge in [0.05, 0.1) is 12.0 Å². The highest BCUT2D eigenvalue weighted by molar-refractivity contribution is 5.80. The molecule has 6 nitrogen and oxygen atoms in total. The number of nitrogens with zero attached hydrogens (tertiary/aromatic N) is 3. The highest BCUT2D eigenvalue weighted by Gasteiger charge is 2.30. The van der Waals surface area contributed by atoms with Crippen LogP contribution in [0.15, 0.2) is 0 Å². The molecule has 0 spiro atoms. The number of likely N-dealkylation sites (tertiary alicyclic amines) is 1. The molecule has 1 aliphatic rings. The largest absolute Gasteiger partial charge is 0.392 e. The molecular weight excluding hydrogens is 246 g/mol. The first-order chi connectivity index (χ1) is 8.82. The van der Waals surface area contributed by atoms with E-state index in [-0.39, 0.29) is 17.9 Å². The SMILES string of the molecule is CC(O)CN(C)C(=O)C1CCCN(C(=O)N(C)C)C1. The van der Waals surface area contributed by atoms with Gasteiger partial charge in [-0.3, -0.25) is 4.79 Å². The van der Waals surface area contributed by atoms with E-state index in [0.29, 0.717) is 19.6 Å². The minimum atomic E-state index is -0.531. The number of amides is 3. The molecule has 1 heterocycles. The monoisotopic (exact) mass is 271 g/mol. The normalized spacial score (nSPS) is 20.9. The summed E-state index contributed by atoms with van der Waals surface area (Å²) in [4.78, 5) is 28.9. The molecule has 3 amide bonds. The maximum atomic E-state index is 12.2. The van der Waals surface area contributed by atoms with E-state index in [1.54, 1.807) is 37.9 Å². The van der Waals surface area contributed by atoms with Crippen LogP contribution in [0.2, 0.25) is 0 Å². The summed E-state index contributed by atoms with van der Waals surface area (Å²) in [5, 5.41) is 9.32. The second-order valence-corrected chi connectivity index (χ2v) is 5.53. The topological polar surface area (TPSA) is 64.1 Å². The molecule has 110 valence electrons. The number of piperidine rings is 1. The molecule has 0 aliphatic carbocycles. The first-order valence-corrected chi connectivity index (χ1v) is 6.72. The predicted octanol–water partition coefficient (Wildman–Crippen LogP) is 0.219. The van der Waals surface area contributed by atoms with Crippen LogP contribution in [0, 0.1) is 5.92 Å². The van der Waals surface area contributed by atoms with Crippen molar-refractivity contribution in [3.8, 4) is 0 Å². The summed E-state index contributed by atoms with van der Waals surface area (Å²) in [6.45, 7) is 3.17. The van der Waals surface area contributed by atoms with Crippen LogP contribution in [0.4, 0.5) is 4.79 Å². The van der Waals surface area contributed by atoms with Crippen molar-refractivity contribution in [2.75, 3.05) is 40.8 Å². The zero-order valence-electron chi connectivity index (χ0n) is 12.3. The maximum absolute atomic E-state index is 12.2. The van der Waals surface area contributed by atoms with E-state index in [4.69, 9.17) is 0 Å². The summed E-state index contributed by atoms with van der Waals surface area (Å²) in [7, 11) is 5.13. The number of rotatable bonds is 3. The summed E-state index contributed by atoms with van der Waals surface area (Å²) in [5.41, 5.74) is 0. The number of urea groups is 1. The molecule has 6 heteroatoms. The minimum absolute atomic E-state index is 0.0113.